The van der Waals surface area contributed by atoms with Gasteiger partial charge in [-0.25, -0.2) is 0 Å². The van der Waals surface area contributed by atoms with Gasteiger partial charge in [-0.2, -0.15) is 0 Å². The maximum Gasteiger partial charge on any atom is 0.159 e. The van der Waals surface area contributed by atoms with E-state index in [0.29, 0.717) is 31.1 Å². The Bertz CT molecular complexity index is 1080. The fourth-order valence-electron chi connectivity index (χ4n) is 5.46. The van der Waals surface area contributed by atoms with Crippen molar-refractivity contribution in [1.82, 2.24) is 0 Å². The molecule has 34 heavy (non-hydrogen) atoms. The summed E-state index contributed by atoms with van der Waals surface area (Å²) in [5.41, 5.74) is 23.7. The molecule has 0 aromatic heterocycles. The molecule has 3 aromatic carbocycles. The van der Waals surface area contributed by atoms with Gasteiger partial charge in [0.25, 0.3) is 0 Å². The zero-order valence-corrected chi connectivity index (χ0v) is 21.4. The Balaban J connectivity index is 2.12. The van der Waals surface area contributed by atoms with Crippen LogP contribution in [0.1, 0.15) is 37.0 Å². The molecule has 0 saturated carbocycles. The van der Waals surface area contributed by atoms with Crippen LogP contribution in [-0.2, 0) is 19.6 Å². The molecule has 1 aliphatic rings. The van der Waals surface area contributed by atoms with Crippen LogP contribution in [0, 0.1) is 5.92 Å². The molecule has 6 N–H and O–H groups in total. The number of rotatable bonds is 9. The zero-order valence-electron chi connectivity index (χ0n) is 20.4. The number of hydrogen-bond acceptors (Lipinski definition) is 3. The number of allylic oxidation sites excluding steroid dienone is 4. The molecule has 0 aliphatic heterocycles. The molecule has 0 bridgehead atoms. The molecule has 2 atom stereocenters. The molecule has 0 amide bonds. The van der Waals surface area contributed by atoms with Gasteiger partial charge in [0.1, 0.15) is 0 Å². The second-order valence-electron chi connectivity index (χ2n) is 9.36. The first kappa shape index (κ1) is 24.4. The maximum absolute atomic E-state index is 6.14. The van der Waals surface area contributed by atoms with E-state index in [1.165, 1.54) is 21.1 Å². The van der Waals surface area contributed by atoms with E-state index in [9.17, 15) is 0 Å². The Morgan fingerprint density at radius 1 is 0.735 bits per heavy atom. The molecule has 0 fully saturated rings. The van der Waals surface area contributed by atoms with E-state index >= 15 is 0 Å². The molecule has 4 heteroatoms. The van der Waals surface area contributed by atoms with E-state index in [1.807, 2.05) is 0 Å². The Hall–Kier alpha value is -2.76. The summed E-state index contributed by atoms with van der Waals surface area (Å²) in [4.78, 5) is 0. The SMILES string of the molecule is CCC(C)C1=CC=CC1[Si](c1cccc(CN)c1)(c1cccc(CN)c1)c1cccc(CN)c1. The average molecular weight is 468 g/mol. The summed E-state index contributed by atoms with van der Waals surface area (Å²) in [5, 5.41) is 4.14. The van der Waals surface area contributed by atoms with Gasteiger partial charge in [-0.3, -0.25) is 0 Å². The molecule has 176 valence electrons. The molecule has 3 aromatic rings. The van der Waals surface area contributed by atoms with E-state index in [0.717, 1.165) is 23.1 Å². The van der Waals surface area contributed by atoms with Crippen molar-refractivity contribution in [2.45, 2.75) is 45.4 Å². The summed E-state index contributed by atoms with van der Waals surface area (Å²) in [5.74, 6) is 0.500. The fraction of sp³-hybridized carbons (Fsp3) is 0.267. The Morgan fingerprint density at radius 3 is 1.56 bits per heavy atom. The van der Waals surface area contributed by atoms with Crippen molar-refractivity contribution in [3.8, 4) is 0 Å². The normalized spacial score (nSPS) is 16.5. The third-order valence-corrected chi connectivity index (χ3v) is 12.6. The number of nitrogens with two attached hydrogens (primary N) is 3. The van der Waals surface area contributed by atoms with Gasteiger partial charge >= 0.3 is 0 Å². The van der Waals surface area contributed by atoms with Crippen molar-refractivity contribution in [2.75, 3.05) is 0 Å². The van der Waals surface area contributed by atoms with Crippen molar-refractivity contribution in [3.63, 3.8) is 0 Å². The fourth-order valence-corrected chi connectivity index (χ4v) is 11.1. The first-order valence-corrected chi connectivity index (χ1v) is 14.4. The monoisotopic (exact) mass is 467 g/mol. The molecule has 1 aliphatic carbocycles. The summed E-state index contributed by atoms with van der Waals surface area (Å²) in [6.45, 7) is 6.22. The first-order valence-electron chi connectivity index (χ1n) is 12.3. The minimum absolute atomic E-state index is 0.302. The smallest absolute Gasteiger partial charge is 0.159 e. The largest absolute Gasteiger partial charge is 0.326 e. The summed E-state index contributed by atoms with van der Waals surface area (Å²) >= 11 is 0. The van der Waals surface area contributed by atoms with Crippen LogP contribution in [0.5, 0.6) is 0 Å². The predicted molar refractivity (Wildman–Crippen MR) is 148 cm³/mol. The van der Waals surface area contributed by atoms with Crippen molar-refractivity contribution in [1.29, 1.82) is 0 Å². The number of hydrogen-bond donors (Lipinski definition) is 3. The summed E-state index contributed by atoms with van der Waals surface area (Å²) in [7, 11) is -2.60. The Kier molecular flexibility index (Phi) is 7.64. The highest BCUT2D eigenvalue weighted by atomic mass is 28.3. The lowest BCUT2D eigenvalue weighted by molar-refractivity contribution is 0.643. The minimum atomic E-state index is -2.60. The third-order valence-electron chi connectivity index (χ3n) is 7.45. The van der Waals surface area contributed by atoms with E-state index in [-0.39, 0.29) is 0 Å². The van der Waals surface area contributed by atoms with E-state index < -0.39 is 8.07 Å². The molecular weight excluding hydrogens is 430 g/mol. The van der Waals surface area contributed by atoms with Crippen LogP contribution in [-0.4, -0.2) is 8.07 Å². The highest BCUT2D eigenvalue weighted by Gasteiger charge is 2.48. The van der Waals surface area contributed by atoms with Crippen LogP contribution in [0.15, 0.2) is 96.6 Å². The van der Waals surface area contributed by atoms with Gasteiger partial charge in [0.05, 0.1) is 0 Å². The van der Waals surface area contributed by atoms with Crippen molar-refractivity contribution in [3.05, 3.63) is 113 Å². The molecule has 2 unspecified atom stereocenters. The van der Waals surface area contributed by atoms with Gasteiger partial charge in [-0.05, 0) is 44.6 Å². The molecular formula is C30H37N3Si. The first-order chi connectivity index (χ1) is 16.6. The highest BCUT2D eigenvalue weighted by Crippen LogP contribution is 2.40. The van der Waals surface area contributed by atoms with Crippen molar-refractivity contribution in [2.24, 2.45) is 23.1 Å². The molecule has 0 saturated heterocycles. The van der Waals surface area contributed by atoms with Crippen LogP contribution in [0.4, 0.5) is 0 Å². The van der Waals surface area contributed by atoms with Gasteiger partial charge < -0.3 is 17.2 Å². The van der Waals surface area contributed by atoms with Crippen molar-refractivity contribution >= 4 is 23.6 Å². The van der Waals surface area contributed by atoms with E-state index in [1.54, 1.807) is 0 Å². The van der Waals surface area contributed by atoms with Gasteiger partial charge in [-0.15, -0.1) is 0 Å². The second-order valence-corrected chi connectivity index (χ2v) is 13.3. The third kappa shape index (κ3) is 4.35. The van der Waals surface area contributed by atoms with Crippen LogP contribution in [0.3, 0.4) is 0 Å². The minimum Gasteiger partial charge on any atom is -0.326 e. The lowest BCUT2D eigenvalue weighted by atomic mass is 9.97. The predicted octanol–water partition coefficient (Wildman–Crippen LogP) is 3.45. The van der Waals surface area contributed by atoms with Crippen LogP contribution < -0.4 is 32.8 Å². The van der Waals surface area contributed by atoms with Crippen LogP contribution in [0.2, 0.25) is 5.54 Å². The molecule has 0 radical (unpaired) electrons. The van der Waals surface area contributed by atoms with Crippen molar-refractivity contribution < 1.29 is 0 Å². The maximum atomic E-state index is 6.14. The molecule has 0 spiro atoms. The lowest BCUT2D eigenvalue weighted by Crippen LogP contribution is -2.70. The van der Waals surface area contributed by atoms with E-state index in [2.05, 4.69) is 105 Å². The lowest BCUT2D eigenvalue weighted by Gasteiger charge is -2.41. The Morgan fingerprint density at radius 2 is 1.18 bits per heavy atom. The molecule has 0 heterocycles. The number of benzene rings is 3. The quantitative estimate of drug-likeness (QED) is 0.333. The Labute approximate surface area is 205 Å². The summed E-state index contributed by atoms with van der Waals surface area (Å²) < 4.78 is 0. The van der Waals surface area contributed by atoms with Crippen LogP contribution >= 0.6 is 0 Å². The zero-order chi connectivity index (χ0) is 24.1. The molecule has 3 nitrogen and oxygen atoms in total. The van der Waals surface area contributed by atoms with Gasteiger partial charge in [-0.1, -0.05) is 110 Å². The van der Waals surface area contributed by atoms with Gasteiger partial charge in [0, 0.05) is 25.2 Å². The highest BCUT2D eigenvalue weighted by molar-refractivity contribution is 7.13. The average Bonchev–Trinajstić information content (AvgIpc) is 3.39. The van der Waals surface area contributed by atoms with Gasteiger partial charge in [0.2, 0.25) is 0 Å². The topological polar surface area (TPSA) is 78.1 Å². The van der Waals surface area contributed by atoms with Crippen LogP contribution in [0.25, 0.3) is 0 Å². The molecule has 4 rings (SSSR count). The standard InChI is InChI=1S/C30H37N3Si/c1-3-22(2)29-14-7-15-30(29)34(26-11-4-8-23(16-26)19-31,27-12-5-9-24(17-27)20-32)28-13-6-10-25(18-28)21-33/h4-18,22,30H,3,19-21,31-33H2,1-2H3. The summed E-state index contributed by atoms with van der Waals surface area (Å²) in [6.07, 6.45) is 8.17. The summed E-state index contributed by atoms with van der Waals surface area (Å²) in [6, 6.07) is 26.9. The van der Waals surface area contributed by atoms with E-state index in [4.69, 9.17) is 17.2 Å². The second kappa shape index (κ2) is 10.7. The van der Waals surface area contributed by atoms with Gasteiger partial charge in [0.15, 0.2) is 8.07 Å².